The van der Waals surface area contributed by atoms with Gasteiger partial charge in [-0.15, -0.1) is 0 Å². The van der Waals surface area contributed by atoms with Gasteiger partial charge in [-0.2, -0.15) is 0 Å². The zero-order valence-electron chi connectivity index (χ0n) is 18.9. The van der Waals surface area contributed by atoms with Gasteiger partial charge in [0, 0.05) is 12.0 Å². The van der Waals surface area contributed by atoms with Gasteiger partial charge in [0.2, 0.25) is 5.89 Å². The molecule has 1 aromatic heterocycles. The molecule has 0 fully saturated rings. The second-order valence-corrected chi connectivity index (χ2v) is 9.23. The number of rotatable bonds is 8. The quantitative estimate of drug-likeness (QED) is 0.305. The highest BCUT2D eigenvalue weighted by Gasteiger charge is 2.16. The minimum atomic E-state index is -0.743. The first-order valence-electron chi connectivity index (χ1n) is 11.1. The molecule has 0 aliphatic rings. The Labute approximate surface area is 188 Å². The SMILES string of the molecule is CC(C)(C)c1ccc2oc(-c3ccc4cc(OCCCCCC(=O)O)ccc4c3)nc2c1. The fraction of sp³-hybridized carbons (Fsp3) is 0.333. The van der Waals surface area contributed by atoms with E-state index in [1.54, 1.807) is 0 Å². The van der Waals surface area contributed by atoms with Crippen LogP contribution in [0.15, 0.2) is 59.0 Å². The number of carboxylic acids is 1. The van der Waals surface area contributed by atoms with Crippen LogP contribution >= 0.6 is 0 Å². The van der Waals surface area contributed by atoms with Gasteiger partial charge in [0.05, 0.1) is 6.61 Å². The van der Waals surface area contributed by atoms with Gasteiger partial charge in [-0.1, -0.05) is 39.0 Å². The van der Waals surface area contributed by atoms with Crippen LogP contribution in [0.5, 0.6) is 5.75 Å². The monoisotopic (exact) mass is 431 g/mol. The fourth-order valence-electron chi connectivity index (χ4n) is 3.71. The molecule has 3 aromatic carbocycles. The van der Waals surface area contributed by atoms with Crippen LogP contribution in [0.1, 0.15) is 52.0 Å². The molecule has 5 heteroatoms. The molecule has 0 saturated carbocycles. The first kappa shape index (κ1) is 21.9. The number of nitrogens with zero attached hydrogens (tertiary/aromatic N) is 1. The van der Waals surface area contributed by atoms with E-state index in [1.165, 1.54) is 5.56 Å². The summed E-state index contributed by atoms with van der Waals surface area (Å²) in [5.74, 6) is 0.696. The van der Waals surface area contributed by atoms with Crippen LogP contribution in [-0.4, -0.2) is 22.7 Å². The van der Waals surface area contributed by atoms with Crippen molar-refractivity contribution < 1.29 is 19.1 Å². The third kappa shape index (κ3) is 5.10. The summed E-state index contributed by atoms with van der Waals surface area (Å²) in [6.07, 6.45) is 2.60. The maximum Gasteiger partial charge on any atom is 0.303 e. The molecule has 166 valence electrons. The van der Waals surface area contributed by atoms with E-state index in [0.717, 1.165) is 46.0 Å². The van der Waals surface area contributed by atoms with E-state index >= 15 is 0 Å². The molecule has 0 saturated heterocycles. The molecule has 0 atom stereocenters. The number of fused-ring (bicyclic) bond motifs is 2. The van der Waals surface area contributed by atoms with Crippen molar-refractivity contribution in [2.45, 2.75) is 51.9 Å². The minimum Gasteiger partial charge on any atom is -0.494 e. The van der Waals surface area contributed by atoms with Crippen molar-refractivity contribution in [3.8, 4) is 17.2 Å². The van der Waals surface area contributed by atoms with Gasteiger partial charge in [-0.05, 0) is 77.4 Å². The Morgan fingerprint density at radius 2 is 1.75 bits per heavy atom. The first-order valence-corrected chi connectivity index (χ1v) is 11.1. The van der Waals surface area contributed by atoms with E-state index in [1.807, 2.05) is 30.3 Å². The average Bonchev–Trinajstić information content (AvgIpc) is 3.18. The lowest BCUT2D eigenvalue weighted by molar-refractivity contribution is -0.137. The summed E-state index contributed by atoms with van der Waals surface area (Å²) in [5, 5.41) is 10.9. The highest BCUT2D eigenvalue weighted by molar-refractivity contribution is 5.88. The van der Waals surface area contributed by atoms with Gasteiger partial charge >= 0.3 is 5.97 Å². The summed E-state index contributed by atoms with van der Waals surface area (Å²) in [4.78, 5) is 15.3. The first-order chi connectivity index (χ1) is 15.3. The molecule has 4 aromatic rings. The van der Waals surface area contributed by atoms with Crippen LogP contribution in [-0.2, 0) is 10.2 Å². The van der Waals surface area contributed by atoms with Gasteiger partial charge in [-0.25, -0.2) is 4.98 Å². The van der Waals surface area contributed by atoms with Crippen molar-refractivity contribution in [1.29, 1.82) is 0 Å². The third-order valence-corrected chi connectivity index (χ3v) is 5.62. The normalized spacial score (nSPS) is 11.8. The number of hydrogen-bond donors (Lipinski definition) is 1. The van der Waals surface area contributed by atoms with Crippen molar-refractivity contribution in [2.24, 2.45) is 0 Å². The Bertz CT molecular complexity index is 1250. The van der Waals surface area contributed by atoms with E-state index in [9.17, 15) is 4.79 Å². The number of carbonyl (C=O) groups is 1. The Kier molecular flexibility index (Phi) is 6.17. The Morgan fingerprint density at radius 1 is 0.969 bits per heavy atom. The second kappa shape index (κ2) is 9.03. The summed E-state index contributed by atoms with van der Waals surface area (Å²) in [6, 6.07) is 18.4. The van der Waals surface area contributed by atoms with Gasteiger partial charge in [0.15, 0.2) is 5.58 Å². The van der Waals surface area contributed by atoms with E-state index in [-0.39, 0.29) is 11.8 Å². The van der Waals surface area contributed by atoms with E-state index in [0.29, 0.717) is 18.9 Å². The smallest absolute Gasteiger partial charge is 0.303 e. The highest BCUT2D eigenvalue weighted by Crippen LogP contribution is 2.31. The van der Waals surface area contributed by atoms with E-state index in [4.69, 9.17) is 19.2 Å². The number of hydrogen-bond acceptors (Lipinski definition) is 4. The van der Waals surface area contributed by atoms with Gasteiger partial charge in [0.1, 0.15) is 11.3 Å². The fourth-order valence-corrected chi connectivity index (χ4v) is 3.71. The molecule has 0 radical (unpaired) electrons. The molecule has 0 spiro atoms. The topological polar surface area (TPSA) is 72.6 Å². The summed E-state index contributed by atoms with van der Waals surface area (Å²) in [6.45, 7) is 7.16. The predicted octanol–water partition coefficient (Wildman–Crippen LogP) is 6.97. The number of benzene rings is 3. The third-order valence-electron chi connectivity index (χ3n) is 5.62. The minimum absolute atomic E-state index is 0.0640. The van der Waals surface area contributed by atoms with Crippen LogP contribution in [0.2, 0.25) is 0 Å². The van der Waals surface area contributed by atoms with Crippen LogP contribution in [0.3, 0.4) is 0 Å². The average molecular weight is 432 g/mol. The van der Waals surface area contributed by atoms with Crippen molar-refractivity contribution in [3.05, 3.63) is 60.2 Å². The number of aliphatic carboxylic acids is 1. The number of oxazole rings is 1. The van der Waals surface area contributed by atoms with Gasteiger partial charge < -0.3 is 14.3 Å². The Morgan fingerprint density at radius 3 is 2.53 bits per heavy atom. The summed E-state index contributed by atoms with van der Waals surface area (Å²) in [5.41, 5.74) is 3.91. The Hall–Kier alpha value is -3.34. The molecule has 0 unspecified atom stereocenters. The van der Waals surface area contributed by atoms with Crippen LogP contribution in [0, 0.1) is 0 Å². The van der Waals surface area contributed by atoms with Gasteiger partial charge in [0.25, 0.3) is 0 Å². The van der Waals surface area contributed by atoms with Crippen molar-refractivity contribution >= 4 is 27.8 Å². The number of carboxylic acid groups (broad SMARTS) is 1. The molecular weight excluding hydrogens is 402 g/mol. The lowest BCUT2D eigenvalue weighted by atomic mass is 9.87. The van der Waals surface area contributed by atoms with Crippen molar-refractivity contribution in [2.75, 3.05) is 6.61 Å². The summed E-state index contributed by atoms with van der Waals surface area (Å²) in [7, 11) is 0. The molecule has 32 heavy (non-hydrogen) atoms. The molecule has 4 rings (SSSR count). The van der Waals surface area contributed by atoms with Crippen molar-refractivity contribution in [1.82, 2.24) is 4.98 Å². The zero-order valence-corrected chi connectivity index (χ0v) is 18.9. The van der Waals surface area contributed by atoms with Gasteiger partial charge in [-0.3, -0.25) is 4.79 Å². The molecule has 1 heterocycles. The maximum absolute atomic E-state index is 10.5. The number of unbranched alkanes of at least 4 members (excludes halogenated alkanes) is 2. The summed E-state index contributed by atoms with van der Waals surface area (Å²) < 4.78 is 11.9. The number of aromatic nitrogens is 1. The molecule has 0 aliphatic heterocycles. The van der Waals surface area contributed by atoms with Crippen molar-refractivity contribution in [3.63, 3.8) is 0 Å². The Balaban J connectivity index is 1.47. The van der Waals surface area contributed by atoms with Crippen LogP contribution < -0.4 is 4.74 Å². The zero-order chi connectivity index (χ0) is 22.7. The van der Waals surface area contributed by atoms with E-state index in [2.05, 4.69) is 45.0 Å². The molecule has 0 amide bonds. The van der Waals surface area contributed by atoms with Crippen LogP contribution in [0.4, 0.5) is 0 Å². The molecule has 1 N–H and O–H groups in total. The molecule has 5 nitrogen and oxygen atoms in total. The number of ether oxygens (including phenoxy) is 1. The molecule has 0 bridgehead atoms. The predicted molar refractivity (Wildman–Crippen MR) is 127 cm³/mol. The molecule has 0 aliphatic carbocycles. The standard InChI is InChI=1S/C27H29NO4/c1-27(2,3)21-11-13-24-23(17-21)28-26(32-24)20-9-8-19-16-22(12-10-18(19)15-20)31-14-6-4-5-7-25(29)30/h8-13,15-17H,4-7,14H2,1-3H3,(H,29,30). The largest absolute Gasteiger partial charge is 0.494 e. The molecular formula is C27H29NO4. The lowest BCUT2D eigenvalue weighted by Crippen LogP contribution is -2.10. The lowest BCUT2D eigenvalue weighted by Gasteiger charge is -2.18. The summed E-state index contributed by atoms with van der Waals surface area (Å²) >= 11 is 0. The maximum atomic E-state index is 10.5. The highest BCUT2D eigenvalue weighted by atomic mass is 16.5. The van der Waals surface area contributed by atoms with Crippen LogP contribution in [0.25, 0.3) is 33.3 Å². The van der Waals surface area contributed by atoms with E-state index < -0.39 is 5.97 Å². The second-order valence-electron chi connectivity index (χ2n) is 9.23.